The molecule has 0 saturated heterocycles. The predicted octanol–water partition coefficient (Wildman–Crippen LogP) is -4.40. The standard InChI is InChI=1S/C6H16N2O6/c7-6(14-8)5(13)4(12)3(11)2(10)1-9/h2-6,9-13H,1,7-8H2. The molecule has 0 fully saturated rings. The fourth-order valence-electron chi connectivity index (χ4n) is 0.812. The van der Waals surface area contributed by atoms with Crippen LogP contribution in [0.25, 0.3) is 0 Å². The Morgan fingerprint density at radius 3 is 1.86 bits per heavy atom. The van der Waals surface area contributed by atoms with Crippen LogP contribution in [0.3, 0.4) is 0 Å². The fraction of sp³-hybridized carbons (Fsp3) is 1.00. The van der Waals surface area contributed by atoms with E-state index in [1.165, 1.54) is 0 Å². The van der Waals surface area contributed by atoms with Gasteiger partial charge in [-0.1, -0.05) is 0 Å². The van der Waals surface area contributed by atoms with Gasteiger partial charge in [0.05, 0.1) is 6.61 Å². The van der Waals surface area contributed by atoms with Gasteiger partial charge in [-0.25, -0.2) is 5.90 Å². The van der Waals surface area contributed by atoms with Crippen LogP contribution in [-0.4, -0.2) is 62.8 Å². The fourth-order valence-corrected chi connectivity index (χ4v) is 0.812. The van der Waals surface area contributed by atoms with Crippen LogP contribution in [0.5, 0.6) is 0 Å². The molecular weight excluding hydrogens is 196 g/mol. The number of nitrogens with two attached hydrogens (primary N) is 2. The van der Waals surface area contributed by atoms with Crippen LogP contribution in [-0.2, 0) is 4.84 Å². The van der Waals surface area contributed by atoms with Crippen LogP contribution in [0.4, 0.5) is 0 Å². The smallest absolute Gasteiger partial charge is 0.155 e. The minimum atomic E-state index is -1.77. The molecule has 9 N–H and O–H groups in total. The maximum atomic E-state index is 9.20. The molecule has 0 aliphatic heterocycles. The first kappa shape index (κ1) is 13.7. The molecule has 0 amide bonds. The van der Waals surface area contributed by atoms with Crippen LogP contribution in [0.15, 0.2) is 0 Å². The minimum Gasteiger partial charge on any atom is -0.394 e. The lowest BCUT2D eigenvalue weighted by Crippen LogP contribution is -2.53. The molecule has 0 aliphatic rings. The van der Waals surface area contributed by atoms with E-state index in [2.05, 4.69) is 10.7 Å². The zero-order valence-electron chi connectivity index (χ0n) is 7.39. The van der Waals surface area contributed by atoms with Gasteiger partial charge in [0.2, 0.25) is 0 Å². The van der Waals surface area contributed by atoms with E-state index < -0.39 is 37.3 Å². The molecule has 0 aromatic heterocycles. The molecule has 0 heterocycles. The van der Waals surface area contributed by atoms with E-state index in [0.717, 1.165) is 0 Å². The molecule has 0 rings (SSSR count). The van der Waals surface area contributed by atoms with Gasteiger partial charge in [-0.05, 0) is 0 Å². The summed E-state index contributed by atoms with van der Waals surface area (Å²) >= 11 is 0. The summed E-state index contributed by atoms with van der Waals surface area (Å²) in [6.07, 6.45) is -8.15. The highest BCUT2D eigenvalue weighted by Crippen LogP contribution is 2.07. The Labute approximate surface area is 80.3 Å². The molecule has 86 valence electrons. The van der Waals surface area contributed by atoms with Gasteiger partial charge in [0.15, 0.2) is 6.23 Å². The summed E-state index contributed by atoms with van der Waals surface area (Å²) in [5.41, 5.74) is 5.08. The predicted molar refractivity (Wildman–Crippen MR) is 44.4 cm³/mol. The van der Waals surface area contributed by atoms with E-state index in [0.29, 0.717) is 0 Å². The average Bonchev–Trinajstić information content (AvgIpc) is 2.23. The van der Waals surface area contributed by atoms with E-state index in [4.69, 9.17) is 26.2 Å². The van der Waals surface area contributed by atoms with Crippen LogP contribution in [0, 0.1) is 0 Å². The van der Waals surface area contributed by atoms with Crippen molar-refractivity contribution in [2.45, 2.75) is 30.6 Å². The topological polar surface area (TPSA) is 162 Å². The lowest BCUT2D eigenvalue weighted by molar-refractivity contribution is -0.150. The number of hydrogen-bond donors (Lipinski definition) is 7. The van der Waals surface area contributed by atoms with E-state index in [-0.39, 0.29) is 0 Å². The molecule has 0 radical (unpaired) electrons. The number of aliphatic hydroxyl groups excluding tert-OH is 5. The maximum Gasteiger partial charge on any atom is 0.155 e. The van der Waals surface area contributed by atoms with Gasteiger partial charge in [0.25, 0.3) is 0 Å². The van der Waals surface area contributed by atoms with Crippen molar-refractivity contribution in [3.8, 4) is 0 Å². The summed E-state index contributed by atoms with van der Waals surface area (Å²) in [5, 5.41) is 44.9. The maximum absolute atomic E-state index is 9.20. The minimum absolute atomic E-state index is 0.760. The molecule has 8 heteroatoms. The Hall–Kier alpha value is -0.320. The first-order valence-corrected chi connectivity index (χ1v) is 3.90. The largest absolute Gasteiger partial charge is 0.394 e. The van der Waals surface area contributed by atoms with Crippen LogP contribution < -0.4 is 11.6 Å². The normalized spacial score (nSPS) is 22.5. The van der Waals surface area contributed by atoms with Gasteiger partial charge in [-0.3, -0.25) is 4.84 Å². The van der Waals surface area contributed by atoms with Gasteiger partial charge >= 0.3 is 0 Å². The van der Waals surface area contributed by atoms with Crippen molar-refractivity contribution in [3.63, 3.8) is 0 Å². The Kier molecular flexibility index (Phi) is 6.08. The molecule has 0 aliphatic carbocycles. The summed E-state index contributed by atoms with van der Waals surface area (Å²) in [4.78, 5) is 4.01. The monoisotopic (exact) mass is 212 g/mol. The molecule has 14 heavy (non-hydrogen) atoms. The molecular formula is C6H16N2O6. The quantitative estimate of drug-likeness (QED) is 0.171. The van der Waals surface area contributed by atoms with E-state index in [1.807, 2.05) is 0 Å². The molecule has 5 atom stereocenters. The second kappa shape index (κ2) is 6.22. The van der Waals surface area contributed by atoms with Crippen molar-refractivity contribution < 1.29 is 30.4 Å². The van der Waals surface area contributed by atoms with Crippen LogP contribution in [0.1, 0.15) is 0 Å². The molecule has 5 unspecified atom stereocenters. The Morgan fingerprint density at radius 1 is 1.00 bits per heavy atom. The molecule has 0 aromatic rings. The Balaban J connectivity index is 4.22. The van der Waals surface area contributed by atoms with E-state index in [9.17, 15) is 5.11 Å². The Bertz CT molecular complexity index is 143. The third kappa shape index (κ3) is 3.44. The van der Waals surface area contributed by atoms with Crippen molar-refractivity contribution >= 4 is 0 Å². The zero-order valence-corrected chi connectivity index (χ0v) is 7.39. The molecule has 0 saturated carbocycles. The van der Waals surface area contributed by atoms with Gasteiger partial charge in [0.1, 0.15) is 24.4 Å². The highest BCUT2D eigenvalue weighted by molar-refractivity contribution is 4.82. The van der Waals surface area contributed by atoms with Crippen molar-refractivity contribution in [1.29, 1.82) is 0 Å². The summed E-state index contributed by atoms with van der Waals surface area (Å²) < 4.78 is 0. The summed E-state index contributed by atoms with van der Waals surface area (Å²) in [5.74, 6) is 4.63. The average molecular weight is 212 g/mol. The first-order valence-electron chi connectivity index (χ1n) is 3.90. The van der Waals surface area contributed by atoms with Crippen LogP contribution >= 0.6 is 0 Å². The van der Waals surface area contributed by atoms with Crippen molar-refractivity contribution in [2.24, 2.45) is 11.6 Å². The SMILES string of the molecule is NOC(N)C(O)C(O)C(O)C(O)CO. The molecule has 0 aromatic carbocycles. The summed E-state index contributed by atoms with van der Waals surface area (Å²) in [6.45, 7) is -0.760. The highest BCUT2D eigenvalue weighted by Gasteiger charge is 2.33. The zero-order chi connectivity index (χ0) is 11.3. The van der Waals surface area contributed by atoms with E-state index >= 15 is 0 Å². The van der Waals surface area contributed by atoms with Gasteiger partial charge in [0, 0.05) is 0 Å². The molecule has 0 spiro atoms. The summed E-state index contributed by atoms with van der Waals surface area (Å²) in [6, 6.07) is 0. The first-order chi connectivity index (χ1) is 6.45. The second-order valence-electron chi connectivity index (χ2n) is 2.82. The van der Waals surface area contributed by atoms with Crippen molar-refractivity contribution in [1.82, 2.24) is 0 Å². The molecule has 8 nitrogen and oxygen atoms in total. The van der Waals surface area contributed by atoms with E-state index in [1.54, 1.807) is 0 Å². The highest BCUT2D eigenvalue weighted by atomic mass is 16.6. The third-order valence-corrected chi connectivity index (χ3v) is 1.77. The van der Waals surface area contributed by atoms with Gasteiger partial charge < -0.3 is 31.3 Å². The molecule has 0 bridgehead atoms. The summed E-state index contributed by atoms with van der Waals surface area (Å²) in [7, 11) is 0. The Morgan fingerprint density at radius 2 is 1.50 bits per heavy atom. The van der Waals surface area contributed by atoms with Crippen LogP contribution in [0.2, 0.25) is 0 Å². The second-order valence-corrected chi connectivity index (χ2v) is 2.82. The van der Waals surface area contributed by atoms with Gasteiger partial charge in [-0.15, -0.1) is 0 Å². The lowest BCUT2D eigenvalue weighted by Gasteiger charge is -2.27. The third-order valence-electron chi connectivity index (χ3n) is 1.77. The van der Waals surface area contributed by atoms with Crippen molar-refractivity contribution in [2.75, 3.05) is 6.61 Å². The van der Waals surface area contributed by atoms with Gasteiger partial charge in [-0.2, -0.15) is 0 Å². The lowest BCUT2D eigenvalue weighted by atomic mass is 10.0. The number of hydrogen-bond acceptors (Lipinski definition) is 8. The number of rotatable bonds is 6. The van der Waals surface area contributed by atoms with Crippen molar-refractivity contribution in [3.05, 3.63) is 0 Å². The number of aliphatic hydroxyl groups is 5.